The van der Waals surface area contributed by atoms with Gasteiger partial charge in [-0.1, -0.05) is 24.2 Å². The monoisotopic (exact) mass is 328 g/mol. The molecule has 3 heterocycles. The number of rotatable bonds is 5. The molecule has 0 unspecified atom stereocenters. The Bertz CT molecular complexity index is 739. The van der Waals surface area contributed by atoms with Gasteiger partial charge in [-0.15, -0.1) is 0 Å². The molecule has 2 aromatic rings. The summed E-state index contributed by atoms with van der Waals surface area (Å²) < 4.78 is 5.33. The van der Waals surface area contributed by atoms with Crippen molar-refractivity contribution in [1.29, 1.82) is 0 Å². The van der Waals surface area contributed by atoms with Gasteiger partial charge in [-0.2, -0.15) is 0 Å². The molecule has 1 aliphatic heterocycles. The number of likely N-dealkylation sites (N-methyl/N-ethyl adjacent to an activating group) is 1. The van der Waals surface area contributed by atoms with Gasteiger partial charge in [0.1, 0.15) is 5.69 Å². The Morgan fingerprint density at radius 1 is 1.38 bits per heavy atom. The van der Waals surface area contributed by atoms with Gasteiger partial charge in [0.25, 0.3) is 5.91 Å². The van der Waals surface area contributed by atoms with Crippen LogP contribution in [0.2, 0.25) is 0 Å². The number of oxime groups is 1. The Hall–Kier alpha value is -2.70. The van der Waals surface area contributed by atoms with Crippen LogP contribution in [-0.2, 0) is 16.2 Å². The molecule has 7 nitrogen and oxygen atoms in total. The molecule has 0 aromatic carbocycles. The highest BCUT2D eigenvalue weighted by molar-refractivity contribution is 5.93. The average molecular weight is 328 g/mol. The number of aromatic nitrogens is 2. The third-order valence-electron chi connectivity index (χ3n) is 3.94. The highest BCUT2D eigenvalue weighted by Crippen LogP contribution is 2.21. The first-order valence-electron chi connectivity index (χ1n) is 7.88. The summed E-state index contributed by atoms with van der Waals surface area (Å²) in [6, 6.07) is 5.53. The van der Waals surface area contributed by atoms with Crippen molar-refractivity contribution in [3.8, 4) is 11.3 Å². The molecule has 0 aliphatic carbocycles. The molecule has 0 N–H and O–H groups in total. The smallest absolute Gasteiger partial charge is 0.267 e. The van der Waals surface area contributed by atoms with Gasteiger partial charge >= 0.3 is 0 Å². The van der Waals surface area contributed by atoms with E-state index in [0.29, 0.717) is 18.7 Å². The summed E-state index contributed by atoms with van der Waals surface area (Å²) >= 11 is 0. The molecule has 2 aromatic heterocycles. The maximum atomic E-state index is 12.5. The van der Waals surface area contributed by atoms with Gasteiger partial charge in [-0.25, -0.2) is 0 Å². The van der Waals surface area contributed by atoms with Crippen LogP contribution in [0.1, 0.15) is 26.0 Å². The Labute approximate surface area is 140 Å². The lowest BCUT2D eigenvalue weighted by molar-refractivity contribution is -0.141. The van der Waals surface area contributed by atoms with E-state index in [1.807, 2.05) is 32.0 Å². The molecule has 3 rings (SSSR count). The van der Waals surface area contributed by atoms with Gasteiger partial charge in [-0.05, 0) is 18.1 Å². The largest absolute Gasteiger partial charge is 0.382 e. The van der Waals surface area contributed by atoms with E-state index < -0.39 is 6.10 Å². The molecule has 7 heteroatoms. The van der Waals surface area contributed by atoms with Gasteiger partial charge in [0.2, 0.25) is 6.10 Å². The number of pyridine rings is 1. The van der Waals surface area contributed by atoms with Crippen LogP contribution < -0.4 is 0 Å². The highest BCUT2D eigenvalue weighted by atomic mass is 16.6. The summed E-state index contributed by atoms with van der Waals surface area (Å²) in [7, 11) is 1.72. The Morgan fingerprint density at radius 2 is 2.12 bits per heavy atom. The van der Waals surface area contributed by atoms with Crippen molar-refractivity contribution in [3.05, 3.63) is 36.4 Å². The van der Waals surface area contributed by atoms with Gasteiger partial charge in [0.15, 0.2) is 5.76 Å². The normalized spacial score (nSPS) is 16.8. The molecule has 1 aliphatic rings. The zero-order valence-electron chi connectivity index (χ0n) is 14.0. The maximum absolute atomic E-state index is 12.5. The second kappa shape index (κ2) is 6.82. The van der Waals surface area contributed by atoms with E-state index in [4.69, 9.17) is 9.36 Å². The minimum absolute atomic E-state index is 0.115. The predicted octanol–water partition coefficient (Wildman–Crippen LogP) is 2.50. The molecule has 1 amide bonds. The van der Waals surface area contributed by atoms with E-state index in [0.717, 1.165) is 17.0 Å². The molecule has 126 valence electrons. The molecule has 0 radical (unpaired) electrons. The van der Waals surface area contributed by atoms with Crippen molar-refractivity contribution in [2.45, 2.75) is 32.9 Å². The van der Waals surface area contributed by atoms with Crippen molar-refractivity contribution < 1.29 is 14.2 Å². The lowest BCUT2D eigenvalue weighted by atomic mass is 10.0. The quantitative estimate of drug-likeness (QED) is 0.842. The molecular formula is C17H20N4O3. The van der Waals surface area contributed by atoms with Gasteiger partial charge in [0.05, 0.1) is 12.3 Å². The van der Waals surface area contributed by atoms with Gasteiger partial charge in [0, 0.05) is 37.5 Å². The maximum Gasteiger partial charge on any atom is 0.267 e. The van der Waals surface area contributed by atoms with Crippen LogP contribution >= 0.6 is 0 Å². The van der Waals surface area contributed by atoms with Gasteiger partial charge < -0.3 is 14.3 Å². The van der Waals surface area contributed by atoms with Crippen molar-refractivity contribution in [2.75, 3.05) is 7.05 Å². The van der Waals surface area contributed by atoms with Gasteiger partial charge in [-0.3, -0.25) is 9.78 Å². The lowest BCUT2D eigenvalue weighted by Gasteiger charge is -2.18. The molecule has 24 heavy (non-hydrogen) atoms. The number of hydrogen-bond acceptors (Lipinski definition) is 6. The standard InChI is InChI=1S/C17H20N4O3/c1-11(2)14-9-16(24-19-14)17(22)21(3)10-13-8-15(20-23-13)12-4-6-18-7-5-12/h4-8,11,16H,9-10H2,1-3H3/t16-/m0/s1. The first-order valence-corrected chi connectivity index (χ1v) is 7.88. The second-order valence-electron chi connectivity index (χ2n) is 6.14. The summed E-state index contributed by atoms with van der Waals surface area (Å²) in [5.41, 5.74) is 2.56. The number of hydrogen-bond donors (Lipinski definition) is 0. The van der Waals surface area contributed by atoms with E-state index in [-0.39, 0.29) is 11.8 Å². The zero-order valence-corrected chi connectivity index (χ0v) is 14.0. The topological polar surface area (TPSA) is 80.8 Å². The zero-order chi connectivity index (χ0) is 17.1. The Balaban J connectivity index is 1.60. The predicted molar refractivity (Wildman–Crippen MR) is 88.0 cm³/mol. The first kappa shape index (κ1) is 16.2. The average Bonchev–Trinajstić information content (AvgIpc) is 3.24. The van der Waals surface area contributed by atoms with Crippen molar-refractivity contribution in [2.24, 2.45) is 11.1 Å². The van der Waals surface area contributed by atoms with Crippen LogP contribution in [0.25, 0.3) is 11.3 Å². The number of amides is 1. The Morgan fingerprint density at radius 3 is 2.79 bits per heavy atom. The molecular weight excluding hydrogens is 308 g/mol. The van der Waals surface area contributed by atoms with Crippen LogP contribution in [0.5, 0.6) is 0 Å². The third kappa shape index (κ3) is 3.45. The number of carbonyl (C=O) groups is 1. The van der Waals surface area contributed by atoms with Crippen molar-refractivity contribution >= 4 is 11.6 Å². The lowest BCUT2D eigenvalue weighted by Crippen LogP contribution is -2.36. The van der Waals surface area contributed by atoms with Crippen LogP contribution in [0.15, 0.2) is 40.3 Å². The summed E-state index contributed by atoms with van der Waals surface area (Å²) in [5.74, 6) is 0.780. The first-order chi connectivity index (χ1) is 11.5. The van der Waals surface area contributed by atoms with E-state index >= 15 is 0 Å². The molecule has 0 bridgehead atoms. The fraction of sp³-hybridized carbons (Fsp3) is 0.412. The van der Waals surface area contributed by atoms with Crippen LogP contribution in [0, 0.1) is 5.92 Å². The molecule has 0 fully saturated rings. The third-order valence-corrected chi connectivity index (χ3v) is 3.94. The SMILES string of the molecule is CC(C)C1=NO[C@H](C(=O)N(C)Cc2cc(-c3ccncc3)no2)C1. The number of carbonyl (C=O) groups excluding carboxylic acids is 1. The minimum Gasteiger partial charge on any atom is -0.382 e. The van der Waals surface area contributed by atoms with Crippen LogP contribution in [0.3, 0.4) is 0 Å². The summed E-state index contributed by atoms with van der Waals surface area (Å²) in [5, 5.41) is 8.04. The number of nitrogens with zero attached hydrogens (tertiary/aromatic N) is 4. The fourth-order valence-corrected chi connectivity index (χ4v) is 2.47. The summed E-state index contributed by atoms with van der Waals surface area (Å²) in [6.45, 7) is 4.40. The van der Waals surface area contributed by atoms with Crippen molar-refractivity contribution in [3.63, 3.8) is 0 Å². The van der Waals surface area contributed by atoms with Crippen LogP contribution in [0.4, 0.5) is 0 Å². The summed E-state index contributed by atoms with van der Waals surface area (Å²) in [6.07, 6.45) is 3.39. The Kier molecular flexibility index (Phi) is 4.59. The van der Waals surface area contributed by atoms with E-state index in [2.05, 4.69) is 15.3 Å². The van der Waals surface area contributed by atoms with E-state index in [9.17, 15) is 4.79 Å². The molecule has 0 saturated heterocycles. The highest BCUT2D eigenvalue weighted by Gasteiger charge is 2.31. The van der Waals surface area contributed by atoms with E-state index in [1.54, 1.807) is 24.3 Å². The van der Waals surface area contributed by atoms with Crippen molar-refractivity contribution in [1.82, 2.24) is 15.0 Å². The minimum atomic E-state index is -0.546. The van der Waals surface area contributed by atoms with Crippen LogP contribution in [-0.4, -0.2) is 39.8 Å². The van der Waals surface area contributed by atoms with E-state index in [1.165, 1.54) is 0 Å². The second-order valence-corrected chi connectivity index (χ2v) is 6.14. The summed E-state index contributed by atoms with van der Waals surface area (Å²) in [4.78, 5) is 23.3. The molecule has 0 spiro atoms. The molecule has 1 atom stereocenters. The fourth-order valence-electron chi connectivity index (χ4n) is 2.47. The molecule has 0 saturated carbocycles.